The number of imidazole rings is 1. The Labute approximate surface area is 137 Å². The molecule has 3 rings (SSSR count). The van der Waals surface area contributed by atoms with Gasteiger partial charge in [0.25, 0.3) is 0 Å². The fourth-order valence-electron chi connectivity index (χ4n) is 3.83. The second kappa shape index (κ2) is 7.27. The maximum Gasteiger partial charge on any atom is 0.246 e. The number of likely N-dealkylation sites (tertiary alicyclic amines) is 1. The molecule has 1 aromatic rings. The van der Waals surface area contributed by atoms with E-state index in [0.29, 0.717) is 0 Å². The van der Waals surface area contributed by atoms with Crippen LogP contribution in [0.2, 0.25) is 0 Å². The third-order valence-corrected chi connectivity index (χ3v) is 5.17. The van der Waals surface area contributed by atoms with Gasteiger partial charge in [0.1, 0.15) is 0 Å². The minimum absolute atomic E-state index is 0.0780. The van der Waals surface area contributed by atoms with Gasteiger partial charge in [-0.25, -0.2) is 4.98 Å². The summed E-state index contributed by atoms with van der Waals surface area (Å²) in [7, 11) is 1.79. The van der Waals surface area contributed by atoms with Crippen LogP contribution in [-0.4, -0.2) is 69.1 Å². The van der Waals surface area contributed by atoms with Crippen molar-refractivity contribution in [2.45, 2.75) is 50.3 Å². The maximum atomic E-state index is 12.4. The van der Waals surface area contributed by atoms with Gasteiger partial charge in [-0.2, -0.15) is 0 Å². The monoisotopic (exact) mass is 318 g/mol. The minimum atomic E-state index is -0.462. The number of nitrogens with one attached hydrogen (secondary N) is 1. The van der Waals surface area contributed by atoms with Crippen LogP contribution in [0.3, 0.4) is 0 Å². The summed E-state index contributed by atoms with van der Waals surface area (Å²) >= 11 is 0. The van der Waals surface area contributed by atoms with E-state index >= 15 is 0 Å². The molecule has 2 heterocycles. The van der Waals surface area contributed by atoms with Crippen molar-refractivity contribution in [3.8, 4) is 0 Å². The number of hydrogen-bond donors (Lipinski definition) is 2. The molecular weight excluding hydrogens is 292 g/mol. The second-order valence-electron chi connectivity index (χ2n) is 6.59. The maximum absolute atomic E-state index is 12.4. The number of aromatic amines is 1. The van der Waals surface area contributed by atoms with Gasteiger partial charge >= 0.3 is 0 Å². The summed E-state index contributed by atoms with van der Waals surface area (Å²) in [6.07, 6.45) is 11.4. The number of likely N-dealkylation sites (N-methyl/N-ethyl adjacent to an activating group) is 1. The lowest BCUT2D eigenvalue weighted by atomic mass is 9.86. The van der Waals surface area contributed by atoms with Crippen molar-refractivity contribution >= 4 is 12.0 Å². The molecule has 0 unspecified atom stereocenters. The molecule has 2 N–H and O–H groups in total. The smallest absolute Gasteiger partial charge is 0.246 e. The predicted molar refractivity (Wildman–Crippen MR) is 88.6 cm³/mol. The van der Waals surface area contributed by atoms with Gasteiger partial charge in [0.15, 0.2) is 0 Å². The molecule has 2 aliphatic rings. The number of rotatable bonds is 4. The highest BCUT2D eigenvalue weighted by Crippen LogP contribution is 2.29. The molecule has 0 bridgehead atoms. The SMILES string of the molecule is CN(C(=O)/C=C/c1cnc[nH]1)[C@@H]1CCC[C@@H](N2CCCC2)[C@@H]1O. The molecule has 0 radical (unpaired) electrons. The number of aliphatic hydroxyl groups excluding tert-OH is 1. The van der Waals surface area contributed by atoms with Gasteiger partial charge in [0.05, 0.1) is 30.4 Å². The fraction of sp³-hybridized carbons (Fsp3) is 0.647. The van der Waals surface area contributed by atoms with Crippen molar-refractivity contribution < 1.29 is 9.90 Å². The van der Waals surface area contributed by atoms with Crippen LogP contribution in [0.15, 0.2) is 18.6 Å². The first-order chi connectivity index (χ1) is 11.2. The molecule has 6 heteroatoms. The third-order valence-electron chi connectivity index (χ3n) is 5.17. The Balaban J connectivity index is 1.63. The zero-order valence-electron chi connectivity index (χ0n) is 13.7. The highest BCUT2D eigenvalue weighted by atomic mass is 16.3. The largest absolute Gasteiger partial charge is 0.389 e. The molecule has 1 aromatic heterocycles. The van der Waals surface area contributed by atoms with Gasteiger partial charge in [-0.1, -0.05) is 0 Å². The Morgan fingerprint density at radius 3 is 2.87 bits per heavy atom. The lowest BCUT2D eigenvalue weighted by Crippen LogP contribution is -2.56. The van der Waals surface area contributed by atoms with Gasteiger partial charge in [-0.05, 0) is 51.3 Å². The van der Waals surface area contributed by atoms with Crippen LogP contribution in [0.5, 0.6) is 0 Å². The molecule has 1 saturated carbocycles. The van der Waals surface area contributed by atoms with E-state index < -0.39 is 6.10 Å². The van der Waals surface area contributed by atoms with Crippen LogP contribution in [0.25, 0.3) is 6.08 Å². The number of nitrogens with zero attached hydrogens (tertiary/aromatic N) is 3. The van der Waals surface area contributed by atoms with E-state index in [2.05, 4.69) is 14.9 Å². The predicted octanol–water partition coefficient (Wildman–Crippen LogP) is 1.26. The molecule has 1 aliphatic carbocycles. The number of carbonyl (C=O) groups is 1. The average molecular weight is 318 g/mol. The Morgan fingerprint density at radius 2 is 2.17 bits per heavy atom. The summed E-state index contributed by atoms with van der Waals surface area (Å²) in [4.78, 5) is 23.3. The van der Waals surface area contributed by atoms with Gasteiger partial charge in [0.2, 0.25) is 5.91 Å². The summed E-state index contributed by atoms with van der Waals surface area (Å²) in [5.41, 5.74) is 0.797. The summed E-state index contributed by atoms with van der Waals surface area (Å²) in [5, 5.41) is 10.8. The van der Waals surface area contributed by atoms with Gasteiger partial charge in [0, 0.05) is 19.2 Å². The first-order valence-corrected chi connectivity index (χ1v) is 8.52. The van der Waals surface area contributed by atoms with Gasteiger partial charge in [-0.3, -0.25) is 9.69 Å². The van der Waals surface area contributed by atoms with Crippen molar-refractivity contribution in [2.75, 3.05) is 20.1 Å². The quantitative estimate of drug-likeness (QED) is 0.820. The lowest BCUT2D eigenvalue weighted by Gasteiger charge is -2.43. The molecule has 126 valence electrons. The van der Waals surface area contributed by atoms with Crippen LogP contribution in [0, 0.1) is 0 Å². The van der Waals surface area contributed by atoms with Crippen molar-refractivity contribution in [1.29, 1.82) is 0 Å². The Bertz CT molecular complexity index is 537. The molecule has 1 amide bonds. The zero-order valence-corrected chi connectivity index (χ0v) is 13.7. The van der Waals surface area contributed by atoms with E-state index in [4.69, 9.17) is 0 Å². The Hall–Kier alpha value is -1.66. The zero-order chi connectivity index (χ0) is 16.2. The molecule has 1 aliphatic heterocycles. The van der Waals surface area contributed by atoms with E-state index in [0.717, 1.165) is 38.0 Å². The van der Waals surface area contributed by atoms with Crippen molar-refractivity contribution in [1.82, 2.24) is 19.8 Å². The molecule has 6 nitrogen and oxygen atoms in total. The van der Waals surface area contributed by atoms with E-state index in [9.17, 15) is 9.90 Å². The number of H-pyrrole nitrogens is 1. The molecule has 1 saturated heterocycles. The van der Waals surface area contributed by atoms with Crippen LogP contribution < -0.4 is 0 Å². The molecule has 23 heavy (non-hydrogen) atoms. The van der Waals surface area contributed by atoms with Gasteiger partial charge < -0.3 is 15.0 Å². The molecule has 0 aromatic carbocycles. The highest BCUT2D eigenvalue weighted by Gasteiger charge is 2.38. The normalized spacial score (nSPS) is 29.2. The molecular formula is C17H26N4O2. The minimum Gasteiger partial charge on any atom is -0.389 e. The van der Waals surface area contributed by atoms with Crippen LogP contribution in [0.1, 0.15) is 37.8 Å². The van der Waals surface area contributed by atoms with Gasteiger partial charge in [-0.15, -0.1) is 0 Å². The average Bonchev–Trinajstić information content (AvgIpc) is 3.25. The standard InChI is InChI=1S/C17H26N4O2/c1-20(16(22)8-7-13-11-18-12-19-13)14-5-4-6-15(17(14)23)21-9-2-3-10-21/h7-8,11-12,14-15,17,23H,2-6,9-10H2,1H3,(H,18,19)/b8-7+/t14-,15-,17-/m1/s1. The first kappa shape index (κ1) is 16.2. The second-order valence-corrected chi connectivity index (χ2v) is 6.59. The Kier molecular flexibility index (Phi) is 5.13. The van der Waals surface area contributed by atoms with E-state index in [1.807, 2.05) is 0 Å². The topological polar surface area (TPSA) is 72.5 Å². The van der Waals surface area contributed by atoms with E-state index in [-0.39, 0.29) is 18.0 Å². The summed E-state index contributed by atoms with van der Waals surface area (Å²) < 4.78 is 0. The van der Waals surface area contributed by atoms with Crippen LogP contribution >= 0.6 is 0 Å². The molecule has 0 spiro atoms. The van der Waals surface area contributed by atoms with Crippen molar-refractivity contribution in [3.63, 3.8) is 0 Å². The lowest BCUT2D eigenvalue weighted by molar-refractivity contribution is -0.131. The van der Waals surface area contributed by atoms with E-state index in [1.165, 1.54) is 12.8 Å². The summed E-state index contributed by atoms with van der Waals surface area (Å²) in [5.74, 6) is -0.0780. The number of aromatic nitrogens is 2. The van der Waals surface area contributed by atoms with Crippen molar-refractivity contribution in [2.24, 2.45) is 0 Å². The number of amides is 1. The van der Waals surface area contributed by atoms with Crippen LogP contribution in [0.4, 0.5) is 0 Å². The Morgan fingerprint density at radius 1 is 1.39 bits per heavy atom. The van der Waals surface area contributed by atoms with Crippen molar-refractivity contribution in [3.05, 3.63) is 24.3 Å². The van der Waals surface area contributed by atoms with Crippen LogP contribution in [-0.2, 0) is 4.79 Å². The molecule has 2 fully saturated rings. The number of carbonyl (C=O) groups excluding carboxylic acids is 1. The number of hydrogen-bond acceptors (Lipinski definition) is 4. The van der Waals surface area contributed by atoms with E-state index in [1.54, 1.807) is 36.6 Å². The summed E-state index contributed by atoms with van der Waals surface area (Å²) in [6, 6.07) is 0.0938. The summed E-state index contributed by atoms with van der Waals surface area (Å²) in [6.45, 7) is 2.15. The molecule has 3 atom stereocenters. The first-order valence-electron chi connectivity index (χ1n) is 8.52. The highest BCUT2D eigenvalue weighted by molar-refractivity contribution is 5.91. The fourth-order valence-corrected chi connectivity index (χ4v) is 3.83. The number of aliphatic hydroxyl groups is 1. The third kappa shape index (κ3) is 3.64.